The molecule has 0 saturated carbocycles. The van der Waals surface area contributed by atoms with Gasteiger partial charge in [-0.25, -0.2) is 4.98 Å². The summed E-state index contributed by atoms with van der Waals surface area (Å²) in [7, 11) is 0. The Morgan fingerprint density at radius 3 is 2.91 bits per heavy atom. The van der Waals surface area contributed by atoms with E-state index in [1.54, 1.807) is 16.2 Å². The zero-order chi connectivity index (χ0) is 15.7. The first kappa shape index (κ1) is 15.5. The highest BCUT2D eigenvalue weighted by Crippen LogP contribution is 2.35. The van der Waals surface area contributed by atoms with Gasteiger partial charge in [-0.1, -0.05) is 0 Å². The van der Waals surface area contributed by atoms with Crippen LogP contribution in [0.3, 0.4) is 0 Å². The molecule has 1 aromatic rings. The van der Waals surface area contributed by atoms with Crippen LogP contribution in [0.4, 0.5) is 0 Å². The van der Waals surface area contributed by atoms with E-state index in [0.717, 1.165) is 36.5 Å². The SMILES string of the molecule is CCN1C[C@H](C(=O)N2CCCC[C@@H]2c2nc(C)cs2)CC1=O. The molecule has 0 aromatic carbocycles. The van der Waals surface area contributed by atoms with E-state index < -0.39 is 0 Å². The fourth-order valence-electron chi connectivity index (χ4n) is 3.45. The topological polar surface area (TPSA) is 53.5 Å². The summed E-state index contributed by atoms with van der Waals surface area (Å²) in [6.07, 6.45) is 3.53. The number of carbonyl (C=O) groups excluding carboxylic acids is 2. The number of likely N-dealkylation sites (tertiary alicyclic amines) is 2. The van der Waals surface area contributed by atoms with Crippen LogP contribution in [0.5, 0.6) is 0 Å². The largest absolute Gasteiger partial charge is 0.342 e. The second kappa shape index (κ2) is 6.36. The third kappa shape index (κ3) is 2.89. The number of aryl methyl sites for hydroxylation is 1. The predicted octanol–water partition coefficient (Wildman–Crippen LogP) is 2.37. The van der Waals surface area contributed by atoms with Crippen molar-refractivity contribution < 1.29 is 9.59 Å². The maximum absolute atomic E-state index is 12.9. The number of piperidine rings is 1. The van der Waals surface area contributed by atoms with Crippen molar-refractivity contribution in [3.63, 3.8) is 0 Å². The first-order valence-corrected chi connectivity index (χ1v) is 8.98. The van der Waals surface area contributed by atoms with Crippen LogP contribution >= 0.6 is 11.3 Å². The maximum Gasteiger partial charge on any atom is 0.228 e. The van der Waals surface area contributed by atoms with Gasteiger partial charge in [0.1, 0.15) is 5.01 Å². The maximum atomic E-state index is 12.9. The minimum Gasteiger partial charge on any atom is -0.342 e. The Labute approximate surface area is 135 Å². The van der Waals surface area contributed by atoms with E-state index in [0.29, 0.717) is 19.5 Å². The molecule has 22 heavy (non-hydrogen) atoms. The van der Waals surface area contributed by atoms with E-state index in [4.69, 9.17) is 0 Å². The molecule has 0 unspecified atom stereocenters. The summed E-state index contributed by atoms with van der Waals surface area (Å²) in [5, 5.41) is 3.09. The molecule has 0 aliphatic carbocycles. The van der Waals surface area contributed by atoms with E-state index in [9.17, 15) is 9.59 Å². The van der Waals surface area contributed by atoms with Crippen LogP contribution in [-0.4, -0.2) is 46.2 Å². The molecule has 0 N–H and O–H groups in total. The lowest BCUT2D eigenvalue weighted by Gasteiger charge is -2.36. The summed E-state index contributed by atoms with van der Waals surface area (Å²) >= 11 is 1.64. The molecule has 2 amide bonds. The van der Waals surface area contributed by atoms with Crippen molar-refractivity contribution >= 4 is 23.2 Å². The monoisotopic (exact) mass is 321 g/mol. The Kier molecular flexibility index (Phi) is 4.47. The molecule has 5 nitrogen and oxygen atoms in total. The van der Waals surface area contributed by atoms with Gasteiger partial charge in [0.2, 0.25) is 11.8 Å². The van der Waals surface area contributed by atoms with Crippen molar-refractivity contribution in [3.8, 4) is 0 Å². The third-order valence-electron chi connectivity index (χ3n) is 4.65. The molecular formula is C16H23N3O2S. The Morgan fingerprint density at radius 1 is 1.45 bits per heavy atom. The second-order valence-corrected chi connectivity index (χ2v) is 7.09. The van der Waals surface area contributed by atoms with Gasteiger partial charge in [0.05, 0.1) is 12.0 Å². The van der Waals surface area contributed by atoms with Gasteiger partial charge < -0.3 is 9.80 Å². The van der Waals surface area contributed by atoms with Crippen LogP contribution in [0.2, 0.25) is 0 Å². The number of nitrogens with zero attached hydrogens (tertiary/aromatic N) is 3. The molecule has 3 heterocycles. The van der Waals surface area contributed by atoms with Gasteiger partial charge in [-0.2, -0.15) is 0 Å². The number of aromatic nitrogens is 1. The molecule has 3 rings (SSSR count). The van der Waals surface area contributed by atoms with E-state index in [1.165, 1.54) is 0 Å². The van der Waals surface area contributed by atoms with Gasteiger partial charge in [-0.05, 0) is 33.1 Å². The summed E-state index contributed by atoms with van der Waals surface area (Å²) < 4.78 is 0. The fraction of sp³-hybridized carbons (Fsp3) is 0.688. The van der Waals surface area contributed by atoms with Crippen LogP contribution < -0.4 is 0 Å². The molecule has 0 bridgehead atoms. The molecule has 2 fully saturated rings. The van der Waals surface area contributed by atoms with Crippen molar-refractivity contribution in [2.75, 3.05) is 19.6 Å². The first-order valence-electron chi connectivity index (χ1n) is 8.10. The summed E-state index contributed by atoms with van der Waals surface area (Å²) in [4.78, 5) is 33.2. The number of amides is 2. The summed E-state index contributed by atoms with van der Waals surface area (Å²) in [5.41, 5.74) is 1.02. The first-order chi connectivity index (χ1) is 10.6. The molecule has 2 atom stereocenters. The fourth-order valence-corrected chi connectivity index (χ4v) is 4.40. The highest BCUT2D eigenvalue weighted by molar-refractivity contribution is 7.09. The Hall–Kier alpha value is -1.43. The molecule has 1 aromatic heterocycles. The number of carbonyl (C=O) groups is 2. The number of hydrogen-bond donors (Lipinski definition) is 0. The van der Waals surface area contributed by atoms with Crippen molar-refractivity contribution in [1.82, 2.24) is 14.8 Å². The standard InChI is InChI=1S/C16H23N3O2S/c1-3-18-9-12(8-14(18)20)16(21)19-7-5-4-6-13(19)15-17-11(2)10-22-15/h10,12-13H,3-9H2,1-2H3/t12-,13-/m1/s1. The molecule has 2 aliphatic rings. The molecule has 120 valence electrons. The van der Waals surface area contributed by atoms with Gasteiger partial charge in [0.15, 0.2) is 0 Å². The lowest BCUT2D eigenvalue weighted by Crippen LogP contribution is -2.42. The number of thiazole rings is 1. The van der Waals surface area contributed by atoms with Gasteiger partial charge in [0, 0.05) is 37.1 Å². The van der Waals surface area contributed by atoms with Crippen LogP contribution in [0.15, 0.2) is 5.38 Å². The second-order valence-electron chi connectivity index (χ2n) is 6.20. The minimum atomic E-state index is -0.172. The van der Waals surface area contributed by atoms with Crippen LogP contribution in [-0.2, 0) is 9.59 Å². The molecule has 2 aliphatic heterocycles. The third-order valence-corrected chi connectivity index (χ3v) is 5.72. The summed E-state index contributed by atoms with van der Waals surface area (Å²) in [5.74, 6) is 0.0791. The smallest absolute Gasteiger partial charge is 0.228 e. The normalized spacial score (nSPS) is 25.8. The minimum absolute atomic E-state index is 0.103. The van der Waals surface area contributed by atoms with Gasteiger partial charge in [0.25, 0.3) is 0 Å². The molecular weight excluding hydrogens is 298 g/mol. The Bertz CT molecular complexity index is 571. The molecule has 2 saturated heterocycles. The van der Waals surface area contributed by atoms with Crippen molar-refractivity contribution in [2.24, 2.45) is 5.92 Å². The lowest BCUT2D eigenvalue weighted by atomic mass is 9.99. The highest BCUT2D eigenvalue weighted by atomic mass is 32.1. The van der Waals surface area contributed by atoms with Crippen LogP contribution in [0.1, 0.15) is 49.4 Å². The van der Waals surface area contributed by atoms with E-state index in [2.05, 4.69) is 4.98 Å². The zero-order valence-electron chi connectivity index (χ0n) is 13.2. The predicted molar refractivity (Wildman–Crippen MR) is 85.5 cm³/mol. The van der Waals surface area contributed by atoms with Crippen LogP contribution in [0, 0.1) is 12.8 Å². The van der Waals surface area contributed by atoms with E-state index in [-0.39, 0.29) is 23.8 Å². The van der Waals surface area contributed by atoms with Crippen molar-refractivity contribution in [1.29, 1.82) is 0 Å². The zero-order valence-corrected chi connectivity index (χ0v) is 14.1. The number of hydrogen-bond acceptors (Lipinski definition) is 4. The number of rotatable bonds is 3. The van der Waals surface area contributed by atoms with E-state index >= 15 is 0 Å². The van der Waals surface area contributed by atoms with Gasteiger partial charge in [-0.3, -0.25) is 9.59 Å². The Morgan fingerprint density at radius 2 is 2.27 bits per heavy atom. The summed E-state index contributed by atoms with van der Waals surface area (Å²) in [6, 6.07) is 0.103. The van der Waals surface area contributed by atoms with Crippen molar-refractivity contribution in [2.45, 2.75) is 45.6 Å². The van der Waals surface area contributed by atoms with Crippen LogP contribution in [0.25, 0.3) is 0 Å². The van der Waals surface area contributed by atoms with Crippen molar-refractivity contribution in [3.05, 3.63) is 16.1 Å². The lowest BCUT2D eigenvalue weighted by molar-refractivity contribution is -0.139. The average Bonchev–Trinajstić information content (AvgIpc) is 3.12. The highest BCUT2D eigenvalue weighted by Gasteiger charge is 2.39. The van der Waals surface area contributed by atoms with E-state index in [1.807, 2.05) is 24.1 Å². The van der Waals surface area contributed by atoms with Gasteiger partial charge >= 0.3 is 0 Å². The molecule has 6 heteroatoms. The Balaban J connectivity index is 1.76. The molecule has 0 radical (unpaired) electrons. The summed E-state index contributed by atoms with van der Waals surface area (Å²) in [6.45, 7) is 6.02. The average molecular weight is 321 g/mol. The molecule has 0 spiro atoms. The van der Waals surface area contributed by atoms with Gasteiger partial charge in [-0.15, -0.1) is 11.3 Å². The quantitative estimate of drug-likeness (QED) is 0.859.